The molecule has 0 aliphatic heterocycles. The minimum Gasteiger partial charge on any atom is -0.311 e. The summed E-state index contributed by atoms with van der Waals surface area (Å²) in [4.78, 5) is 36.7. The Balaban J connectivity index is 1.67. The summed E-state index contributed by atoms with van der Waals surface area (Å²) < 4.78 is 17.5. The molecule has 0 spiro atoms. The lowest BCUT2D eigenvalue weighted by Crippen LogP contribution is -2.38. The normalized spacial score (nSPS) is 11.1. The SMILES string of the molecule is Cn1c(NC(=O)CSc2nnc(-c3ccc(Cl)cc3Cl)n2-c2ccc(F)c(Cl)c2)cc(=O)n(C)c1=O. The fourth-order valence-corrected chi connectivity index (χ4v) is 4.65. The molecule has 0 saturated heterocycles. The predicted octanol–water partition coefficient (Wildman–Crippen LogP) is 4.16. The third-order valence-corrected chi connectivity index (χ3v) is 6.86. The molecule has 0 aliphatic rings. The van der Waals surface area contributed by atoms with E-state index in [1.807, 2.05) is 0 Å². The Morgan fingerprint density at radius 2 is 1.75 bits per heavy atom. The summed E-state index contributed by atoms with van der Waals surface area (Å²) in [6, 6.07) is 10.1. The van der Waals surface area contributed by atoms with E-state index >= 15 is 0 Å². The van der Waals surface area contributed by atoms with Gasteiger partial charge in [0.25, 0.3) is 5.56 Å². The van der Waals surface area contributed by atoms with Crippen molar-refractivity contribution in [2.75, 3.05) is 11.1 Å². The van der Waals surface area contributed by atoms with Gasteiger partial charge in [0.2, 0.25) is 5.91 Å². The zero-order valence-electron chi connectivity index (χ0n) is 18.6. The quantitative estimate of drug-likeness (QED) is 0.350. The van der Waals surface area contributed by atoms with E-state index in [4.69, 9.17) is 34.8 Å². The van der Waals surface area contributed by atoms with Crippen LogP contribution in [0, 0.1) is 5.82 Å². The van der Waals surface area contributed by atoms with Gasteiger partial charge in [0.05, 0.1) is 21.5 Å². The van der Waals surface area contributed by atoms with Crippen LogP contribution in [0.25, 0.3) is 17.1 Å². The molecule has 36 heavy (non-hydrogen) atoms. The second-order valence-electron chi connectivity index (χ2n) is 7.47. The van der Waals surface area contributed by atoms with Gasteiger partial charge < -0.3 is 5.32 Å². The topological polar surface area (TPSA) is 104 Å². The second-order valence-corrected chi connectivity index (χ2v) is 9.66. The number of nitrogens with zero attached hydrogens (tertiary/aromatic N) is 5. The molecule has 0 fully saturated rings. The van der Waals surface area contributed by atoms with E-state index in [9.17, 15) is 18.8 Å². The van der Waals surface area contributed by atoms with E-state index in [-0.39, 0.29) is 21.7 Å². The number of hydrogen-bond donors (Lipinski definition) is 1. The average molecular weight is 570 g/mol. The van der Waals surface area contributed by atoms with Crippen LogP contribution in [0.4, 0.5) is 10.2 Å². The molecular formula is C22H16Cl3FN6O3S. The summed E-state index contributed by atoms with van der Waals surface area (Å²) >= 11 is 19.4. The number of nitrogens with one attached hydrogen (secondary N) is 1. The number of carbonyl (C=O) groups excluding carboxylic acids is 1. The number of hydrogen-bond acceptors (Lipinski definition) is 6. The summed E-state index contributed by atoms with van der Waals surface area (Å²) in [5.74, 6) is -0.885. The highest BCUT2D eigenvalue weighted by atomic mass is 35.5. The Morgan fingerprint density at radius 3 is 2.44 bits per heavy atom. The van der Waals surface area contributed by atoms with Crippen LogP contribution in [-0.4, -0.2) is 35.6 Å². The molecule has 0 bridgehead atoms. The highest BCUT2D eigenvalue weighted by Crippen LogP contribution is 2.34. The van der Waals surface area contributed by atoms with Crippen LogP contribution >= 0.6 is 46.6 Å². The first kappa shape index (κ1) is 26.0. The largest absolute Gasteiger partial charge is 0.332 e. The predicted molar refractivity (Wildman–Crippen MR) is 138 cm³/mol. The first-order valence-electron chi connectivity index (χ1n) is 10.1. The Morgan fingerprint density at radius 1 is 1.00 bits per heavy atom. The Labute approximate surface area is 222 Å². The van der Waals surface area contributed by atoms with Gasteiger partial charge >= 0.3 is 5.69 Å². The highest BCUT2D eigenvalue weighted by Gasteiger charge is 2.20. The van der Waals surface area contributed by atoms with Crippen LogP contribution in [0.2, 0.25) is 15.1 Å². The van der Waals surface area contributed by atoms with Crippen molar-refractivity contribution < 1.29 is 9.18 Å². The Bertz CT molecular complexity index is 1620. The molecule has 2 aromatic carbocycles. The molecule has 0 aliphatic carbocycles. The van der Waals surface area contributed by atoms with Crippen molar-refractivity contribution >= 4 is 58.3 Å². The summed E-state index contributed by atoms with van der Waals surface area (Å²) in [6.07, 6.45) is 0. The first-order valence-corrected chi connectivity index (χ1v) is 12.2. The van der Waals surface area contributed by atoms with Gasteiger partial charge in [-0.3, -0.25) is 23.3 Å². The van der Waals surface area contributed by atoms with Crippen molar-refractivity contribution in [3.05, 3.63) is 84.2 Å². The fraction of sp³-hybridized carbons (Fsp3) is 0.136. The van der Waals surface area contributed by atoms with Crippen molar-refractivity contribution in [2.45, 2.75) is 5.16 Å². The first-order chi connectivity index (χ1) is 17.1. The van der Waals surface area contributed by atoms with E-state index < -0.39 is 23.0 Å². The van der Waals surface area contributed by atoms with Gasteiger partial charge in [0, 0.05) is 30.7 Å². The smallest absolute Gasteiger partial charge is 0.311 e. The maximum atomic E-state index is 13.8. The number of benzene rings is 2. The summed E-state index contributed by atoms with van der Waals surface area (Å²) in [7, 11) is 2.77. The molecule has 1 N–H and O–H groups in total. The van der Waals surface area contributed by atoms with Crippen LogP contribution in [0.15, 0.2) is 57.2 Å². The summed E-state index contributed by atoms with van der Waals surface area (Å²) in [6.45, 7) is 0. The number of thioether (sulfide) groups is 1. The molecule has 0 atom stereocenters. The molecule has 0 unspecified atom stereocenters. The van der Waals surface area contributed by atoms with Crippen LogP contribution in [0.5, 0.6) is 0 Å². The van der Waals surface area contributed by atoms with E-state index in [0.29, 0.717) is 27.1 Å². The molecule has 14 heteroatoms. The second kappa shape index (κ2) is 10.5. The summed E-state index contributed by atoms with van der Waals surface area (Å²) in [5, 5.41) is 11.9. The van der Waals surface area contributed by atoms with Crippen LogP contribution in [0.3, 0.4) is 0 Å². The number of amides is 1. The maximum Gasteiger partial charge on any atom is 0.332 e. The van der Waals surface area contributed by atoms with Crippen LogP contribution < -0.4 is 16.6 Å². The number of aromatic nitrogens is 5. The molecule has 2 heterocycles. The van der Waals surface area contributed by atoms with Gasteiger partial charge in [-0.1, -0.05) is 46.6 Å². The van der Waals surface area contributed by atoms with E-state index in [2.05, 4.69) is 15.5 Å². The molecule has 4 aromatic rings. The minimum absolute atomic E-state index is 0.0501. The monoisotopic (exact) mass is 568 g/mol. The van der Waals surface area contributed by atoms with Gasteiger partial charge in [-0.2, -0.15) is 0 Å². The van der Waals surface area contributed by atoms with Crippen molar-refractivity contribution in [1.82, 2.24) is 23.9 Å². The van der Waals surface area contributed by atoms with Gasteiger partial charge in [0.15, 0.2) is 11.0 Å². The highest BCUT2D eigenvalue weighted by molar-refractivity contribution is 7.99. The molecule has 9 nitrogen and oxygen atoms in total. The Kier molecular flexibility index (Phi) is 7.55. The van der Waals surface area contributed by atoms with E-state index in [1.54, 1.807) is 22.8 Å². The lowest BCUT2D eigenvalue weighted by Gasteiger charge is -2.13. The summed E-state index contributed by atoms with van der Waals surface area (Å²) in [5.41, 5.74) is -0.203. The number of rotatable bonds is 6. The average Bonchev–Trinajstić information content (AvgIpc) is 3.25. The third kappa shape index (κ3) is 5.19. The van der Waals surface area contributed by atoms with E-state index in [1.165, 1.54) is 32.3 Å². The van der Waals surface area contributed by atoms with Gasteiger partial charge in [-0.25, -0.2) is 9.18 Å². The van der Waals surface area contributed by atoms with Crippen molar-refractivity contribution in [1.29, 1.82) is 0 Å². The van der Waals surface area contributed by atoms with Crippen LogP contribution in [-0.2, 0) is 18.9 Å². The van der Waals surface area contributed by atoms with E-state index in [0.717, 1.165) is 27.0 Å². The van der Waals surface area contributed by atoms with Crippen LogP contribution in [0.1, 0.15) is 0 Å². The molecule has 1 amide bonds. The van der Waals surface area contributed by atoms with Crippen molar-refractivity contribution in [3.8, 4) is 17.1 Å². The lowest BCUT2D eigenvalue weighted by atomic mass is 10.2. The third-order valence-electron chi connectivity index (χ3n) is 5.09. The molecule has 0 saturated carbocycles. The van der Waals surface area contributed by atoms with Crippen molar-refractivity contribution in [3.63, 3.8) is 0 Å². The number of carbonyl (C=O) groups is 1. The standard InChI is InChI=1S/C22H16Cl3FN6O3S/c1-30-17(9-19(34)31(2)22(30)35)27-18(33)10-36-21-29-28-20(13-5-3-11(23)7-14(13)24)32(21)12-4-6-16(26)15(25)8-12/h3-9H,10H2,1-2H3,(H,27,33). The zero-order valence-corrected chi connectivity index (χ0v) is 21.7. The molecule has 2 aromatic heterocycles. The number of anilines is 1. The Hall–Kier alpha value is -3.12. The molecule has 4 rings (SSSR count). The molecule has 186 valence electrons. The van der Waals surface area contributed by atoms with Gasteiger partial charge in [-0.05, 0) is 36.4 Å². The minimum atomic E-state index is -0.604. The number of halogens is 4. The molecular weight excluding hydrogens is 554 g/mol. The fourth-order valence-electron chi connectivity index (χ4n) is 3.23. The van der Waals surface area contributed by atoms with Gasteiger partial charge in [-0.15, -0.1) is 10.2 Å². The molecule has 0 radical (unpaired) electrons. The van der Waals surface area contributed by atoms with Gasteiger partial charge in [0.1, 0.15) is 11.6 Å². The zero-order chi connectivity index (χ0) is 26.1. The lowest BCUT2D eigenvalue weighted by molar-refractivity contribution is -0.113. The van der Waals surface area contributed by atoms with Crippen molar-refractivity contribution in [2.24, 2.45) is 14.1 Å². The maximum absolute atomic E-state index is 13.8.